The van der Waals surface area contributed by atoms with Crippen molar-refractivity contribution in [3.05, 3.63) is 65.5 Å². The number of carboxylic acids is 1. The van der Waals surface area contributed by atoms with Gasteiger partial charge < -0.3 is 10.4 Å². The van der Waals surface area contributed by atoms with E-state index in [1.807, 2.05) is 30.3 Å². The van der Waals surface area contributed by atoms with Crippen LogP contribution in [0.5, 0.6) is 0 Å². The molecule has 108 valence electrons. The summed E-state index contributed by atoms with van der Waals surface area (Å²) in [5, 5.41) is 11.5. The summed E-state index contributed by atoms with van der Waals surface area (Å²) in [4.78, 5) is 26.2. The molecule has 0 aliphatic rings. The van der Waals surface area contributed by atoms with E-state index in [9.17, 15) is 9.59 Å². The molecule has 0 aliphatic heterocycles. The topological polar surface area (TPSA) is 79.3 Å². The highest BCUT2D eigenvalue weighted by Crippen LogP contribution is 2.03. The third-order valence-electron chi connectivity index (χ3n) is 3.02. The zero-order chi connectivity index (χ0) is 15.1. The lowest BCUT2D eigenvalue weighted by molar-refractivity contribution is -0.121. The zero-order valence-electron chi connectivity index (χ0n) is 11.5. The number of hydrogen-bond acceptors (Lipinski definition) is 3. The molecule has 0 saturated carbocycles. The van der Waals surface area contributed by atoms with Gasteiger partial charge in [0.2, 0.25) is 5.91 Å². The Balaban J connectivity index is 1.77. The van der Waals surface area contributed by atoms with Gasteiger partial charge in [-0.1, -0.05) is 36.4 Å². The number of amides is 1. The third kappa shape index (κ3) is 4.72. The molecule has 0 saturated heterocycles. The quantitative estimate of drug-likeness (QED) is 0.850. The molecule has 5 heteroatoms. The minimum atomic E-state index is -1.06. The van der Waals surface area contributed by atoms with Crippen LogP contribution in [0.2, 0.25) is 0 Å². The molecule has 0 fully saturated rings. The van der Waals surface area contributed by atoms with Crippen molar-refractivity contribution >= 4 is 11.9 Å². The lowest BCUT2D eigenvalue weighted by atomic mass is 10.1. The Hall–Kier alpha value is -2.69. The van der Waals surface area contributed by atoms with Crippen molar-refractivity contribution in [3.63, 3.8) is 0 Å². The Bertz CT molecular complexity index is 609. The highest BCUT2D eigenvalue weighted by Gasteiger charge is 2.05. The highest BCUT2D eigenvalue weighted by molar-refractivity contribution is 5.85. The molecule has 0 atom stereocenters. The molecule has 1 heterocycles. The van der Waals surface area contributed by atoms with Gasteiger partial charge in [0.05, 0.1) is 0 Å². The van der Waals surface area contributed by atoms with Crippen LogP contribution < -0.4 is 5.32 Å². The maximum atomic E-state index is 11.7. The zero-order valence-corrected chi connectivity index (χ0v) is 11.5. The first kappa shape index (κ1) is 14.7. The Morgan fingerprint density at radius 1 is 1.05 bits per heavy atom. The van der Waals surface area contributed by atoms with E-state index in [1.165, 1.54) is 12.3 Å². The van der Waals surface area contributed by atoms with Gasteiger partial charge in [-0.05, 0) is 23.6 Å². The van der Waals surface area contributed by atoms with Gasteiger partial charge in [-0.2, -0.15) is 0 Å². The molecule has 21 heavy (non-hydrogen) atoms. The van der Waals surface area contributed by atoms with Crippen molar-refractivity contribution in [2.75, 3.05) is 0 Å². The number of hydrogen-bond donors (Lipinski definition) is 2. The van der Waals surface area contributed by atoms with Gasteiger partial charge in [-0.25, -0.2) is 9.78 Å². The SMILES string of the molecule is O=C(CCc1ccccc1)NCc1ccc(C(=O)O)nc1. The summed E-state index contributed by atoms with van der Waals surface area (Å²) in [7, 11) is 0. The molecule has 5 nitrogen and oxygen atoms in total. The number of rotatable bonds is 6. The van der Waals surface area contributed by atoms with E-state index in [-0.39, 0.29) is 11.6 Å². The monoisotopic (exact) mass is 284 g/mol. The summed E-state index contributed by atoms with van der Waals surface area (Å²) in [5.41, 5.74) is 1.89. The summed E-state index contributed by atoms with van der Waals surface area (Å²) < 4.78 is 0. The number of carboxylic acid groups (broad SMARTS) is 1. The lowest BCUT2D eigenvalue weighted by Gasteiger charge is -2.05. The van der Waals surface area contributed by atoms with Gasteiger partial charge in [0, 0.05) is 19.2 Å². The normalized spacial score (nSPS) is 10.1. The number of carbonyl (C=O) groups excluding carboxylic acids is 1. The first-order valence-electron chi connectivity index (χ1n) is 6.64. The number of nitrogens with zero attached hydrogens (tertiary/aromatic N) is 1. The van der Waals surface area contributed by atoms with Gasteiger partial charge in [0.25, 0.3) is 0 Å². The van der Waals surface area contributed by atoms with Gasteiger partial charge in [-0.3, -0.25) is 4.79 Å². The van der Waals surface area contributed by atoms with E-state index < -0.39 is 5.97 Å². The van der Waals surface area contributed by atoms with Crippen LogP contribution in [-0.2, 0) is 17.8 Å². The maximum Gasteiger partial charge on any atom is 0.354 e. The summed E-state index contributed by atoms with van der Waals surface area (Å²) in [6.45, 7) is 0.348. The number of nitrogens with one attached hydrogen (secondary N) is 1. The van der Waals surface area contributed by atoms with Gasteiger partial charge in [-0.15, -0.1) is 0 Å². The number of aromatic nitrogens is 1. The van der Waals surface area contributed by atoms with Crippen molar-refractivity contribution in [2.45, 2.75) is 19.4 Å². The predicted octanol–water partition coefficient (Wildman–Crippen LogP) is 2.03. The molecule has 1 aromatic heterocycles. The number of carbonyl (C=O) groups is 2. The van der Waals surface area contributed by atoms with Crippen LogP contribution in [0, 0.1) is 0 Å². The Kier molecular flexibility index (Phi) is 5.04. The predicted molar refractivity (Wildman–Crippen MR) is 77.8 cm³/mol. The smallest absolute Gasteiger partial charge is 0.354 e. The Morgan fingerprint density at radius 3 is 2.43 bits per heavy atom. The Morgan fingerprint density at radius 2 is 1.81 bits per heavy atom. The molecule has 0 unspecified atom stereocenters. The van der Waals surface area contributed by atoms with Crippen LogP contribution in [0.3, 0.4) is 0 Å². The fraction of sp³-hybridized carbons (Fsp3) is 0.188. The lowest BCUT2D eigenvalue weighted by Crippen LogP contribution is -2.23. The molecule has 2 rings (SSSR count). The van der Waals surface area contributed by atoms with Gasteiger partial charge in [0.1, 0.15) is 5.69 Å². The molecule has 0 radical (unpaired) electrons. The number of aryl methyl sites for hydroxylation is 1. The summed E-state index contributed by atoms with van der Waals surface area (Å²) in [6.07, 6.45) is 2.58. The maximum absolute atomic E-state index is 11.7. The van der Waals surface area contributed by atoms with Crippen LogP contribution in [0.25, 0.3) is 0 Å². The van der Waals surface area contributed by atoms with Crippen molar-refractivity contribution in [1.82, 2.24) is 10.3 Å². The van der Waals surface area contributed by atoms with E-state index in [1.54, 1.807) is 6.07 Å². The second-order valence-corrected chi connectivity index (χ2v) is 4.62. The second kappa shape index (κ2) is 7.19. The molecule has 0 spiro atoms. The number of benzene rings is 1. The van der Waals surface area contributed by atoms with Crippen LogP contribution in [-0.4, -0.2) is 22.0 Å². The first-order chi connectivity index (χ1) is 10.1. The molecular weight excluding hydrogens is 268 g/mol. The molecule has 0 aliphatic carbocycles. The summed E-state index contributed by atoms with van der Waals surface area (Å²) in [6, 6.07) is 12.9. The molecular formula is C16H16N2O3. The number of aromatic carboxylic acids is 1. The second-order valence-electron chi connectivity index (χ2n) is 4.62. The van der Waals surface area contributed by atoms with E-state index in [2.05, 4.69) is 10.3 Å². The summed E-state index contributed by atoms with van der Waals surface area (Å²) in [5.74, 6) is -1.10. The third-order valence-corrected chi connectivity index (χ3v) is 3.02. The molecule has 1 amide bonds. The summed E-state index contributed by atoms with van der Waals surface area (Å²) >= 11 is 0. The van der Waals surface area contributed by atoms with E-state index >= 15 is 0 Å². The average Bonchev–Trinajstić information content (AvgIpc) is 2.52. The van der Waals surface area contributed by atoms with Crippen LogP contribution in [0.15, 0.2) is 48.7 Å². The van der Waals surface area contributed by atoms with Crippen LogP contribution >= 0.6 is 0 Å². The van der Waals surface area contributed by atoms with Gasteiger partial charge in [0.15, 0.2) is 0 Å². The minimum Gasteiger partial charge on any atom is -0.477 e. The molecule has 2 N–H and O–H groups in total. The highest BCUT2D eigenvalue weighted by atomic mass is 16.4. The van der Waals surface area contributed by atoms with Crippen LogP contribution in [0.1, 0.15) is 28.0 Å². The van der Waals surface area contributed by atoms with E-state index in [0.717, 1.165) is 11.1 Å². The molecule has 1 aromatic carbocycles. The largest absolute Gasteiger partial charge is 0.477 e. The fourth-order valence-electron chi connectivity index (χ4n) is 1.85. The van der Waals surface area contributed by atoms with Crippen LogP contribution in [0.4, 0.5) is 0 Å². The Labute approximate surface area is 122 Å². The first-order valence-corrected chi connectivity index (χ1v) is 6.64. The van der Waals surface area contributed by atoms with Crippen molar-refractivity contribution in [1.29, 1.82) is 0 Å². The van der Waals surface area contributed by atoms with Crippen molar-refractivity contribution < 1.29 is 14.7 Å². The molecule has 2 aromatic rings. The van der Waals surface area contributed by atoms with Gasteiger partial charge >= 0.3 is 5.97 Å². The van der Waals surface area contributed by atoms with Crippen molar-refractivity contribution in [2.24, 2.45) is 0 Å². The fourth-order valence-corrected chi connectivity index (χ4v) is 1.85. The number of pyridine rings is 1. The molecule has 0 bridgehead atoms. The average molecular weight is 284 g/mol. The standard InChI is InChI=1S/C16H16N2O3/c19-15(9-7-12-4-2-1-3-5-12)18-11-13-6-8-14(16(20)21)17-10-13/h1-6,8,10H,7,9,11H2,(H,18,19)(H,20,21). The van der Waals surface area contributed by atoms with Crippen molar-refractivity contribution in [3.8, 4) is 0 Å². The van der Waals surface area contributed by atoms with E-state index in [4.69, 9.17) is 5.11 Å². The minimum absolute atomic E-state index is 0.00541. The van der Waals surface area contributed by atoms with E-state index in [0.29, 0.717) is 19.4 Å².